The van der Waals surface area contributed by atoms with Crippen molar-refractivity contribution < 1.29 is 0 Å². The zero-order chi connectivity index (χ0) is 13.2. The molecule has 0 amide bonds. The predicted molar refractivity (Wildman–Crippen MR) is 82.7 cm³/mol. The number of hydrogen-bond donors (Lipinski definition) is 1. The van der Waals surface area contributed by atoms with Gasteiger partial charge in [0.1, 0.15) is 0 Å². The van der Waals surface area contributed by atoms with Crippen molar-refractivity contribution in [3.63, 3.8) is 0 Å². The lowest BCUT2D eigenvalue weighted by Gasteiger charge is -2.40. The van der Waals surface area contributed by atoms with Crippen LogP contribution >= 0.6 is 11.3 Å². The molecule has 0 radical (unpaired) electrons. The van der Waals surface area contributed by atoms with Crippen LogP contribution in [0.1, 0.15) is 54.1 Å². The lowest BCUT2D eigenvalue weighted by Crippen LogP contribution is -2.37. The first kappa shape index (κ1) is 13.6. The maximum absolute atomic E-state index is 5.80. The zero-order valence-corrected chi connectivity index (χ0v) is 12.8. The number of likely N-dealkylation sites (tertiary alicyclic amines) is 1. The van der Waals surface area contributed by atoms with E-state index in [1.54, 1.807) is 10.4 Å². The van der Waals surface area contributed by atoms with Crippen molar-refractivity contribution in [2.75, 3.05) is 19.6 Å². The molecule has 1 aromatic heterocycles. The number of nitrogens with two attached hydrogens (primary N) is 1. The molecule has 2 N–H and O–H groups in total. The molecule has 1 aliphatic carbocycles. The summed E-state index contributed by atoms with van der Waals surface area (Å²) in [4.78, 5) is 4.41. The topological polar surface area (TPSA) is 29.3 Å². The van der Waals surface area contributed by atoms with E-state index in [9.17, 15) is 0 Å². The van der Waals surface area contributed by atoms with Gasteiger partial charge in [0.25, 0.3) is 0 Å². The summed E-state index contributed by atoms with van der Waals surface area (Å²) in [5, 5.41) is 2.37. The van der Waals surface area contributed by atoms with Crippen molar-refractivity contribution in [3.8, 4) is 0 Å². The molecular formula is C16H26N2S. The normalized spacial score (nSPS) is 28.3. The Kier molecular flexibility index (Phi) is 4.25. The number of hydrogen-bond acceptors (Lipinski definition) is 3. The Bertz CT molecular complexity index is 420. The summed E-state index contributed by atoms with van der Waals surface area (Å²) in [6, 6.07) is 0.687. The van der Waals surface area contributed by atoms with E-state index in [2.05, 4.69) is 17.2 Å². The van der Waals surface area contributed by atoms with Crippen molar-refractivity contribution in [1.29, 1.82) is 0 Å². The molecule has 2 heterocycles. The molecular weight excluding hydrogens is 252 g/mol. The van der Waals surface area contributed by atoms with Gasteiger partial charge >= 0.3 is 0 Å². The lowest BCUT2D eigenvalue weighted by molar-refractivity contribution is 0.131. The van der Waals surface area contributed by atoms with E-state index in [-0.39, 0.29) is 0 Å². The van der Waals surface area contributed by atoms with E-state index in [1.165, 1.54) is 57.2 Å². The fraction of sp³-hybridized carbons (Fsp3) is 0.750. The minimum Gasteiger partial charge on any atom is -0.330 e. The Morgan fingerprint density at radius 2 is 2.11 bits per heavy atom. The molecule has 0 saturated carbocycles. The maximum atomic E-state index is 5.80. The van der Waals surface area contributed by atoms with Gasteiger partial charge in [-0.3, -0.25) is 4.90 Å². The van der Waals surface area contributed by atoms with Crippen LogP contribution in [0, 0.1) is 12.8 Å². The van der Waals surface area contributed by atoms with Gasteiger partial charge in [0.15, 0.2) is 0 Å². The third-order valence-corrected chi connectivity index (χ3v) is 6.02. The van der Waals surface area contributed by atoms with Crippen molar-refractivity contribution in [3.05, 3.63) is 21.4 Å². The Morgan fingerprint density at radius 3 is 2.84 bits per heavy atom. The first-order valence-corrected chi connectivity index (χ1v) is 8.68. The summed E-state index contributed by atoms with van der Waals surface area (Å²) in [7, 11) is 0. The fourth-order valence-electron chi connectivity index (χ4n) is 3.91. The standard InChI is InChI=1S/C16H26N2S/c1-12-11-19-15-10-13(5-6-17)9-14(16(12)15)18-7-3-2-4-8-18/h11,13-14H,2-10,17H2,1H3. The third-order valence-electron chi connectivity index (χ3n) is 4.87. The molecule has 2 nitrogen and oxygen atoms in total. The van der Waals surface area contributed by atoms with Gasteiger partial charge in [-0.25, -0.2) is 0 Å². The molecule has 1 fully saturated rings. The van der Waals surface area contributed by atoms with Crippen LogP contribution in [0.3, 0.4) is 0 Å². The largest absolute Gasteiger partial charge is 0.330 e. The minimum absolute atomic E-state index is 0.687. The molecule has 0 bridgehead atoms. The van der Waals surface area contributed by atoms with Crippen LogP contribution in [0.15, 0.2) is 5.38 Å². The summed E-state index contributed by atoms with van der Waals surface area (Å²) in [6.45, 7) is 5.75. The first-order valence-electron chi connectivity index (χ1n) is 7.80. The second-order valence-electron chi connectivity index (χ2n) is 6.25. The molecule has 3 heteroatoms. The van der Waals surface area contributed by atoms with Crippen LogP contribution in [0.5, 0.6) is 0 Å². The second-order valence-corrected chi connectivity index (χ2v) is 7.22. The molecule has 106 valence electrons. The van der Waals surface area contributed by atoms with Crippen LogP contribution in [0.2, 0.25) is 0 Å². The monoisotopic (exact) mass is 278 g/mol. The summed E-state index contributed by atoms with van der Waals surface area (Å²) >= 11 is 1.98. The van der Waals surface area contributed by atoms with E-state index in [4.69, 9.17) is 5.73 Å². The minimum atomic E-state index is 0.687. The number of fused-ring (bicyclic) bond motifs is 1. The summed E-state index contributed by atoms with van der Waals surface area (Å²) < 4.78 is 0. The van der Waals surface area contributed by atoms with Crippen LogP contribution < -0.4 is 5.73 Å². The third kappa shape index (κ3) is 2.74. The van der Waals surface area contributed by atoms with Crippen LogP contribution in [-0.2, 0) is 6.42 Å². The highest BCUT2D eigenvalue weighted by Gasteiger charge is 2.33. The average molecular weight is 278 g/mol. The predicted octanol–water partition coefficient (Wildman–Crippen LogP) is 3.49. The van der Waals surface area contributed by atoms with Crippen molar-refractivity contribution >= 4 is 11.3 Å². The molecule has 1 aromatic rings. The molecule has 1 saturated heterocycles. The molecule has 2 atom stereocenters. The SMILES string of the molecule is Cc1csc2c1C(N1CCCCC1)CC(CCN)C2. The summed E-state index contributed by atoms with van der Waals surface area (Å²) in [5.41, 5.74) is 9.01. The summed E-state index contributed by atoms with van der Waals surface area (Å²) in [6.07, 6.45) is 8.00. The van der Waals surface area contributed by atoms with E-state index in [1.807, 2.05) is 11.3 Å². The smallest absolute Gasteiger partial charge is 0.0364 e. The molecule has 0 spiro atoms. The van der Waals surface area contributed by atoms with Gasteiger partial charge in [-0.1, -0.05) is 6.42 Å². The van der Waals surface area contributed by atoms with Crippen molar-refractivity contribution in [2.24, 2.45) is 11.7 Å². The number of piperidine rings is 1. The highest BCUT2D eigenvalue weighted by Crippen LogP contribution is 2.43. The van der Waals surface area contributed by atoms with Gasteiger partial charge in [-0.2, -0.15) is 0 Å². The molecule has 0 aromatic carbocycles. The number of rotatable bonds is 3. The van der Waals surface area contributed by atoms with Crippen molar-refractivity contribution in [2.45, 2.75) is 51.5 Å². The quantitative estimate of drug-likeness (QED) is 0.917. The van der Waals surface area contributed by atoms with E-state index < -0.39 is 0 Å². The molecule has 2 unspecified atom stereocenters. The second kappa shape index (κ2) is 5.94. The van der Waals surface area contributed by atoms with Crippen LogP contribution in [-0.4, -0.2) is 24.5 Å². The van der Waals surface area contributed by atoms with Gasteiger partial charge in [0, 0.05) is 10.9 Å². The number of aryl methyl sites for hydroxylation is 1. The highest BCUT2D eigenvalue weighted by molar-refractivity contribution is 7.10. The Morgan fingerprint density at radius 1 is 1.32 bits per heavy atom. The molecule has 2 aliphatic rings. The Labute approximate surface area is 121 Å². The molecule has 3 rings (SSSR count). The maximum Gasteiger partial charge on any atom is 0.0364 e. The van der Waals surface area contributed by atoms with E-state index in [0.29, 0.717) is 6.04 Å². The van der Waals surface area contributed by atoms with Gasteiger partial charge in [0.05, 0.1) is 0 Å². The lowest BCUT2D eigenvalue weighted by atomic mass is 9.81. The fourth-order valence-corrected chi connectivity index (χ4v) is 5.11. The van der Waals surface area contributed by atoms with Gasteiger partial charge in [0.2, 0.25) is 0 Å². The van der Waals surface area contributed by atoms with Gasteiger partial charge < -0.3 is 5.73 Å². The first-order chi connectivity index (χ1) is 9.29. The van der Waals surface area contributed by atoms with E-state index >= 15 is 0 Å². The number of nitrogens with zero attached hydrogens (tertiary/aromatic N) is 1. The van der Waals surface area contributed by atoms with E-state index in [0.717, 1.165) is 12.5 Å². The zero-order valence-electron chi connectivity index (χ0n) is 12.0. The van der Waals surface area contributed by atoms with Gasteiger partial charge in [-0.05, 0) is 81.1 Å². The number of thiophene rings is 1. The molecule has 19 heavy (non-hydrogen) atoms. The van der Waals surface area contributed by atoms with Crippen LogP contribution in [0.4, 0.5) is 0 Å². The summed E-state index contributed by atoms with van der Waals surface area (Å²) in [5.74, 6) is 0.808. The molecule has 1 aliphatic heterocycles. The van der Waals surface area contributed by atoms with Crippen LogP contribution in [0.25, 0.3) is 0 Å². The highest BCUT2D eigenvalue weighted by atomic mass is 32.1. The Balaban J connectivity index is 1.85. The average Bonchev–Trinajstić information content (AvgIpc) is 2.81. The van der Waals surface area contributed by atoms with Gasteiger partial charge in [-0.15, -0.1) is 11.3 Å². The Hall–Kier alpha value is -0.380. The van der Waals surface area contributed by atoms with Crippen molar-refractivity contribution in [1.82, 2.24) is 4.90 Å².